The van der Waals surface area contributed by atoms with E-state index in [1.54, 1.807) is 12.1 Å². The first kappa shape index (κ1) is 42.7. The number of carboxylic acids is 1. The first-order valence-corrected chi connectivity index (χ1v) is 24.6. The zero-order valence-electron chi connectivity index (χ0n) is 36.7. The summed E-state index contributed by atoms with van der Waals surface area (Å²) in [6, 6.07) is 5.34. The van der Waals surface area contributed by atoms with Crippen LogP contribution in [0.4, 0.5) is 0 Å². The minimum Gasteiger partial charge on any atom is -0.481 e. The molecule has 1 saturated heterocycles. The Morgan fingerprint density at radius 2 is 1.75 bits per heavy atom. The lowest BCUT2D eigenvalue weighted by Gasteiger charge is -2.72. The summed E-state index contributed by atoms with van der Waals surface area (Å²) in [6.45, 7) is 23.1. The standard InChI is InChI=1S/C49H70N4O5S/c1-33(2)36-14-21-49(52-24-25-53-26-28-59(56,57)29-27-53)23-22-46(6)38(42(36)49)9-10-40-45(5)17-15-37(44(3,4)39(45)16-18-47(40,46)7)35-12-19-48(20-13-35,43(54)55)32-58-41-11-8-34(30-50)31-51-41/h8,11-12,15,31,36,38-40,42,52H,1,9-10,13-14,16-29,32H2,2-7H3,(H,54,55)/t36-,38+,39?,40+,42+,45-,46+,47+,48?,49-/m0/s1. The predicted octanol–water partition coefficient (Wildman–Crippen LogP) is 8.78. The molecule has 4 saturated carbocycles. The maximum Gasteiger partial charge on any atom is 0.313 e. The van der Waals surface area contributed by atoms with E-state index in [2.05, 4.69) is 81.5 Å². The maximum absolute atomic E-state index is 12.8. The second-order valence-corrected chi connectivity index (χ2v) is 23.9. The molecule has 59 heavy (non-hydrogen) atoms. The van der Waals surface area contributed by atoms with Crippen LogP contribution in [0.2, 0.25) is 0 Å². The minimum atomic E-state index is -2.88. The lowest BCUT2D eigenvalue weighted by atomic mass is 9.33. The van der Waals surface area contributed by atoms with Crippen LogP contribution in [0.3, 0.4) is 0 Å². The fraction of sp³-hybridized carbons (Fsp3) is 0.735. The third kappa shape index (κ3) is 6.96. The average molecular weight is 827 g/mol. The molecule has 0 spiro atoms. The number of hydrogen-bond acceptors (Lipinski definition) is 8. The molecule has 0 amide bonds. The van der Waals surface area contributed by atoms with E-state index in [1.807, 2.05) is 0 Å². The quantitative estimate of drug-likeness (QED) is 0.222. The van der Waals surface area contributed by atoms with Crippen molar-refractivity contribution >= 4 is 15.8 Å². The molecule has 9 nitrogen and oxygen atoms in total. The Bertz CT molecular complexity index is 2040. The van der Waals surface area contributed by atoms with Gasteiger partial charge in [0, 0.05) is 44.0 Å². The van der Waals surface area contributed by atoms with Crippen LogP contribution in [0.15, 0.2) is 53.8 Å². The van der Waals surface area contributed by atoms with Crippen molar-refractivity contribution in [3.05, 3.63) is 59.3 Å². The minimum absolute atomic E-state index is 0.0231. The van der Waals surface area contributed by atoms with Crippen LogP contribution in [0, 0.1) is 68.0 Å². The predicted molar refractivity (Wildman–Crippen MR) is 232 cm³/mol. The molecule has 322 valence electrons. The van der Waals surface area contributed by atoms with E-state index in [9.17, 15) is 18.3 Å². The molecular weight excluding hydrogens is 757 g/mol. The molecule has 10 heteroatoms. The smallest absolute Gasteiger partial charge is 0.313 e. The number of carbonyl (C=O) groups is 1. The van der Waals surface area contributed by atoms with Crippen LogP contribution >= 0.6 is 0 Å². The van der Waals surface area contributed by atoms with Gasteiger partial charge in [-0.3, -0.25) is 4.79 Å². The number of carboxylic acid groups (broad SMARTS) is 1. The average Bonchev–Trinajstić information content (AvgIpc) is 3.58. The summed E-state index contributed by atoms with van der Waals surface area (Å²) in [4.78, 5) is 19.3. The van der Waals surface area contributed by atoms with Crippen molar-refractivity contribution in [1.29, 1.82) is 5.26 Å². The van der Waals surface area contributed by atoms with Crippen molar-refractivity contribution in [3.8, 4) is 11.9 Å². The van der Waals surface area contributed by atoms with Crippen molar-refractivity contribution in [2.75, 3.05) is 44.3 Å². The van der Waals surface area contributed by atoms with Crippen molar-refractivity contribution in [3.63, 3.8) is 0 Å². The van der Waals surface area contributed by atoms with Crippen LogP contribution in [-0.2, 0) is 14.6 Å². The summed E-state index contributed by atoms with van der Waals surface area (Å²) in [6.07, 6.45) is 18.9. The second kappa shape index (κ2) is 15.1. The van der Waals surface area contributed by atoms with E-state index in [0.717, 1.165) is 25.9 Å². The molecule has 5 fully saturated rings. The Morgan fingerprint density at radius 1 is 0.983 bits per heavy atom. The molecule has 0 aromatic carbocycles. The van der Waals surface area contributed by atoms with E-state index in [4.69, 9.17) is 10.00 Å². The lowest BCUT2D eigenvalue weighted by molar-refractivity contribution is -0.221. The fourth-order valence-electron chi connectivity index (χ4n) is 15.3. The molecule has 0 bridgehead atoms. The number of aromatic nitrogens is 1. The van der Waals surface area contributed by atoms with Crippen molar-refractivity contribution in [2.24, 2.45) is 56.7 Å². The van der Waals surface area contributed by atoms with Gasteiger partial charge in [-0.25, -0.2) is 13.4 Å². The Labute approximate surface area is 354 Å². The van der Waals surface area contributed by atoms with Crippen LogP contribution < -0.4 is 10.1 Å². The molecule has 2 unspecified atom stereocenters. The lowest BCUT2D eigenvalue weighted by Crippen LogP contribution is -2.68. The van der Waals surface area contributed by atoms with Gasteiger partial charge in [0.2, 0.25) is 5.88 Å². The third-order valence-corrected chi connectivity index (χ3v) is 20.4. The van der Waals surface area contributed by atoms with Crippen LogP contribution in [0.25, 0.3) is 0 Å². The maximum atomic E-state index is 12.8. The highest BCUT2D eigenvalue weighted by Gasteiger charge is 2.70. The number of aliphatic carboxylic acids is 1. The van der Waals surface area contributed by atoms with Gasteiger partial charge in [-0.15, -0.1) is 0 Å². The first-order chi connectivity index (χ1) is 27.8. The number of nitrogens with one attached hydrogen (secondary N) is 1. The number of pyridine rings is 1. The molecule has 1 aliphatic heterocycles. The Balaban J connectivity index is 1.000. The van der Waals surface area contributed by atoms with E-state index in [-0.39, 0.29) is 45.3 Å². The molecule has 2 heterocycles. The van der Waals surface area contributed by atoms with Crippen molar-refractivity contribution in [2.45, 2.75) is 124 Å². The number of nitrogens with zero attached hydrogens (tertiary/aromatic N) is 3. The van der Waals surface area contributed by atoms with E-state index in [1.165, 1.54) is 74.3 Å². The summed E-state index contributed by atoms with van der Waals surface area (Å²) in [5.41, 5.74) is 4.32. The van der Waals surface area contributed by atoms with E-state index < -0.39 is 21.2 Å². The number of allylic oxidation sites excluding steroid dienone is 5. The second-order valence-electron chi connectivity index (χ2n) is 21.6. The number of sulfone groups is 1. The number of nitriles is 1. The zero-order valence-corrected chi connectivity index (χ0v) is 37.6. The van der Waals surface area contributed by atoms with Crippen LogP contribution in [0.5, 0.6) is 5.88 Å². The van der Waals surface area contributed by atoms with E-state index in [0.29, 0.717) is 67.0 Å². The number of fused-ring (bicyclic) bond motifs is 7. The third-order valence-electron chi connectivity index (χ3n) is 18.8. The van der Waals surface area contributed by atoms with Gasteiger partial charge in [0.05, 0.1) is 17.1 Å². The summed E-state index contributed by atoms with van der Waals surface area (Å²) in [5.74, 6) is 3.05. The van der Waals surface area contributed by atoms with Crippen LogP contribution in [0.1, 0.15) is 124 Å². The molecular formula is C49H70N4O5S. The molecule has 7 aliphatic rings. The first-order valence-electron chi connectivity index (χ1n) is 22.8. The van der Waals surface area contributed by atoms with Crippen molar-refractivity contribution in [1.82, 2.24) is 15.2 Å². The van der Waals surface area contributed by atoms with Gasteiger partial charge in [-0.05, 0) is 152 Å². The summed E-state index contributed by atoms with van der Waals surface area (Å²) < 4.78 is 30.1. The Hall–Kier alpha value is -3.00. The molecule has 6 aliphatic carbocycles. The molecule has 8 rings (SSSR count). The zero-order chi connectivity index (χ0) is 42.2. The molecule has 0 radical (unpaired) electrons. The van der Waals surface area contributed by atoms with Crippen molar-refractivity contribution < 1.29 is 23.1 Å². The Morgan fingerprint density at radius 3 is 2.39 bits per heavy atom. The molecule has 1 aromatic heterocycles. The van der Waals surface area contributed by atoms with E-state index >= 15 is 0 Å². The highest BCUT2D eigenvalue weighted by atomic mass is 32.2. The molecule has 2 N–H and O–H groups in total. The molecule has 10 atom stereocenters. The van der Waals surface area contributed by atoms with Gasteiger partial charge < -0.3 is 20.1 Å². The summed E-state index contributed by atoms with van der Waals surface area (Å²) in [7, 11) is -2.88. The monoisotopic (exact) mass is 827 g/mol. The van der Waals surface area contributed by atoms with Gasteiger partial charge >= 0.3 is 5.97 Å². The van der Waals surface area contributed by atoms with Crippen LogP contribution in [-0.4, -0.2) is 79.2 Å². The highest BCUT2D eigenvalue weighted by Crippen LogP contribution is 2.76. The topological polar surface area (TPSA) is 133 Å². The van der Waals surface area contributed by atoms with Gasteiger partial charge in [0.1, 0.15) is 18.1 Å². The van der Waals surface area contributed by atoms with Gasteiger partial charge in [-0.1, -0.05) is 58.9 Å². The largest absolute Gasteiger partial charge is 0.481 e. The highest BCUT2D eigenvalue weighted by molar-refractivity contribution is 7.91. The van der Waals surface area contributed by atoms with Gasteiger partial charge in [0.15, 0.2) is 9.84 Å². The number of rotatable bonds is 10. The SMILES string of the molecule is C=C(C)[C@@H]1CC[C@]2(NCCN3CCS(=O)(=O)CC3)CC[C@]3(C)[C@H](CC[C@@H]4[C@@]5(C)CC=C(C6=CCC(COc7ccc(C#N)cn7)(C(=O)O)CC6)C(C)(C)C5CC[C@]43C)[C@@H]12. The number of ether oxygens (including phenoxy) is 1. The normalized spacial score (nSPS) is 41.1. The Kier molecular flexibility index (Phi) is 10.9. The van der Waals surface area contributed by atoms with Gasteiger partial charge in [-0.2, -0.15) is 5.26 Å². The van der Waals surface area contributed by atoms with Gasteiger partial charge in [0.25, 0.3) is 0 Å². The number of hydrogen-bond donors (Lipinski definition) is 2. The fourth-order valence-corrected chi connectivity index (χ4v) is 16.6. The summed E-state index contributed by atoms with van der Waals surface area (Å²) in [5, 5.41) is 23.8. The molecule has 1 aromatic rings. The summed E-state index contributed by atoms with van der Waals surface area (Å²) >= 11 is 0.